The van der Waals surface area contributed by atoms with Gasteiger partial charge in [-0.3, -0.25) is 4.21 Å². The normalized spacial score (nSPS) is 15.0. The lowest BCUT2D eigenvalue weighted by Crippen LogP contribution is -2.27. The van der Waals surface area contributed by atoms with Crippen molar-refractivity contribution in [3.05, 3.63) is 0 Å². The Balaban J connectivity index is 4.02. The SMILES string of the molecule is CC(C)CCCS(=O)(=O)CCCC(C)(C)S(=O)[O-]. The van der Waals surface area contributed by atoms with Gasteiger partial charge in [-0.2, -0.15) is 0 Å². The Morgan fingerprint density at radius 2 is 1.67 bits per heavy atom. The molecule has 1 atom stereocenters. The molecule has 0 aromatic rings. The molecular formula is C12H25O4S2-. The zero-order valence-electron chi connectivity index (χ0n) is 11.8. The molecule has 0 saturated carbocycles. The van der Waals surface area contributed by atoms with E-state index >= 15 is 0 Å². The van der Waals surface area contributed by atoms with Gasteiger partial charge in [0.25, 0.3) is 0 Å². The number of rotatable bonds is 9. The highest BCUT2D eigenvalue weighted by Crippen LogP contribution is 2.19. The molecule has 0 aliphatic rings. The molecule has 0 saturated heterocycles. The highest BCUT2D eigenvalue weighted by molar-refractivity contribution is 7.91. The largest absolute Gasteiger partial charge is 0.772 e. The van der Waals surface area contributed by atoms with Crippen LogP contribution in [0, 0.1) is 5.92 Å². The van der Waals surface area contributed by atoms with E-state index in [1.165, 1.54) is 0 Å². The zero-order chi connectivity index (χ0) is 14.4. The first-order valence-corrected chi connectivity index (χ1v) is 9.26. The molecule has 1 unspecified atom stereocenters. The van der Waals surface area contributed by atoms with Crippen LogP contribution in [0.3, 0.4) is 0 Å². The quantitative estimate of drug-likeness (QED) is 0.612. The van der Waals surface area contributed by atoms with Crippen LogP contribution in [0.2, 0.25) is 0 Å². The summed E-state index contributed by atoms with van der Waals surface area (Å²) < 4.78 is 44.3. The van der Waals surface area contributed by atoms with Gasteiger partial charge >= 0.3 is 0 Å². The number of hydrogen-bond donors (Lipinski definition) is 0. The first kappa shape index (κ1) is 18.1. The predicted molar refractivity (Wildman–Crippen MR) is 75.0 cm³/mol. The third-order valence-electron chi connectivity index (χ3n) is 2.92. The molecule has 0 bridgehead atoms. The molecule has 0 fully saturated rings. The first-order chi connectivity index (χ1) is 8.07. The maximum atomic E-state index is 11.7. The van der Waals surface area contributed by atoms with Crippen molar-refractivity contribution in [1.29, 1.82) is 0 Å². The molecule has 0 radical (unpaired) electrons. The van der Waals surface area contributed by atoms with E-state index in [1.54, 1.807) is 13.8 Å². The van der Waals surface area contributed by atoms with E-state index < -0.39 is 25.7 Å². The van der Waals surface area contributed by atoms with Gasteiger partial charge in [-0.15, -0.1) is 0 Å². The summed E-state index contributed by atoms with van der Waals surface area (Å²) in [7, 11) is -3.03. The van der Waals surface area contributed by atoms with Gasteiger partial charge in [-0.1, -0.05) is 20.3 Å². The van der Waals surface area contributed by atoms with Crippen LogP contribution in [-0.4, -0.2) is 33.4 Å². The number of hydrogen-bond acceptors (Lipinski definition) is 4. The van der Waals surface area contributed by atoms with Crippen LogP contribution in [0.15, 0.2) is 0 Å². The maximum Gasteiger partial charge on any atom is 0.150 e. The predicted octanol–water partition coefficient (Wildman–Crippen LogP) is 2.28. The fraction of sp³-hybridized carbons (Fsp3) is 1.00. The van der Waals surface area contributed by atoms with Crippen molar-refractivity contribution in [2.75, 3.05) is 11.5 Å². The third-order valence-corrected chi connectivity index (χ3v) is 5.85. The van der Waals surface area contributed by atoms with Gasteiger partial charge in [0, 0.05) is 4.75 Å². The summed E-state index contributed by atoms with van der Waals surface area (Å²) in [6.45, 7) is 7.36. The molecule has 6 heteroatoms. The summed E-state index contributed by atoms with van der Waals surface area (Å²) in [6.07, 6.45) is 2.39. The molecule has 18 heavy (non-hydrogen) atoms. The lowest BCUT2D eigenvalue weighted by molar-refractivity contribution is 0.478. The van der Waals surface area contributed by atoms with Crippen molar-refractivity contribution in [2.24, 2.45) is 5.92 Å². The summed E-state index contributed by atoms with van der Waals surface area (Å²) in [5.41, 5.74) is 0. The van der Waals surface area contributed by atoms with Gasteiger partial charge in [-0.05, 0) is 50.1 Å². The summed E-state index contributed by atoms with van der Waals surface area (Å²) in [5, 5.41) is 0. The highest BCUT2D eigenvalue weighted by atomic mass is 32.2. The Labute approximate surface area is 114 Å². The van der Waals surface area contributed by atoms with Crippen molar-refractivity contribution in [3.63, 3.8) is 0 Å². The fourth-order valence-corrected chi connectivity index (χ4v) is 3.32. The van der Waals surface area contributed by atoms with Crippen molar-refractivity contribution in [2.45, 2.75) is 58.1 Å². The average Bonchev–Trinajstić information content (AvgIpc) is 2.15. The van der Waals surface area contributed by atoms with Crippen LogP contribution in [0.5, 0.6) is 0 Å². The van der Waals surface area contributed by atoms with E-state index in [2.05, 4.69) is 13.8 Å². The van der Waals surface area contributed by atoms with Crippen LogP contribution in [-0.2, 0) is 20.9 Å². The van der Waals surface area contributed by atoms with Gasteiger partial charge < -0.3 is 4.55 Å². The minimum Gasteiger partial charge on any atom is -0.772 e. The van der Waals surface area contributed by atoms with Crippen LogP contribution < -0.4 is 0 Å². The van der Waals surface area contributed by atoms with E-state index in [0.717, 1.165) is 6.42 Å². The second-order valence-corrected chi connectivity index (χ2v) is 9.66. The number of sulfone groups is 1. The summed E-state index contributed by atoms with van der Waals surface area (Å²) in [5.74, 6) is 0.819. The molecule has 0 spiro atoms. The molecule has 0 N–H and O–H groups in total. The topological polar surface area (TPSA) is 74.3 Å². The van der Waals surface area contributed by atoms with Crippen molar-refractivity contribution >= 4 is 20.9 Å². The van der Waals surface area contributed by atoms with E-state index in [9.17, 15) is 17.2 Å². The first-order valence-electron chi connectivity index (χ1n) is 6.36. The Kier molecular flexibility index (Phi) is 7.63. The molecule has 4 nitrogen and oxygen atoms in total. The van der Waals surface area contributed by atoms with Crippen LogP contribution in [0.1, 0.15) is 53.4 Å². The van der Waals surface area contributed by atoms with Crippen LogP contribution in [0.4, 0.5) is 0 Å². The van der Waals surface area contributed by atoms with Crippen molar-refractivity contribution in [3.8, 4) is 0 Å². The molecular weight excluding hydrogens is 272 g/mol. The van der Waals surface area contributed by atoms with Crippen molar-refractivity contribution in [1.82, 2.24) is 0 Å². The van der Waals surface area contributed by atoms with Gasteiger partial charge in [0.15, 0.2) is 0 Å². The van der Waals surface area contributed by atoms with E-state index in [1.807, 2.05) is 0 Å². The molecule has 0 aromatic carbocycles. The Bertz CT molecular complexity index is 358. The monoisotopic (exact) mass is 297 g/mol. The Morgan fingerprint density at radius 1 is 1.17 bits per heavy atom. The second kappa shape index (κ2) is 7.60. The van der Waals surface area contributed by atoms with Gasteiger partial charge in [0.2, 0.25) is 0 Å². The van der Waals surface area contributed by atoms with Crippen molar-refractivity contribution < 1.29 is 17.2 Å². The third kappa shape index (κ3) is 8.21. The summed E-state index contributed by atoms with van der Waals surface area (Å²) in [4.78, 5) is 0. The van der Waals surface area contributed by atoms with E-state index in [0.29, 0.717) is 25.2 Å². The minimum absolute atomic E-state index is 0.0890. The molecule has 0 aliphatic carbocycles. The van der Waals surface area contributed by atoms with E-state index in [4.69, 9.17) is 0 Å². The molecule has 0 aliphatic heterocycles. The fourth-order valence-electron chi connectivity index (χ4n) is 1.61. The summed E-state index contributed by atoms with van der Waals surface area (Å²) >= 11 is -2.16. The van der Waals surface area contributed by atoms with Gasteiger partial charge in [0.1, 0.15) is 9.84 Å². The molecule has 0 heterocycles. The van der Waals surface area contributed by atoms with Crippen LogP contribution >= 0.6 is 0 Å². The maximum absolute atomic E-state index is 11.7. The Morgan fingerprint density at radius 3 is 2.11 bits per heavy atom. The minimum atomic E-state index is -3.03. The van der Waals surface area contributed by atoms with Gasteiger partial charge in [0.05, 0.1) is 11.5 Å². The Hall–Kier alpha value is 0.0600. The smallest absolute Gasteiger partial charge is 0.150 e. The summed E-state index contributed by atoms with van der Waals surface area (Å²) in [6, 6.07) is 0. The zero-order valence-corrected chi connectivity index (χ0v) is 13.4. The second-order valence-electron chi connectivity index (χ2n) is 5.79. The standard InChI is InChI=1S/C12H26O4S2/c1-11(2)7-5-9-18(15,16)10-6-8-12(3,4)17(13)14/h11H,5-10H2,1-4H3,(H,13,14)/p-1. The average molecular weight is 297 g/mol. The molecule has 0 amide bonds. The van der Waals surface area contributed by atoms with E-state index in [-0.39, 0.29) is 11.5 Å². The lowest BCUT2D eigenvalue weighted by Gasteiger charge is -2.27. The van der Waals surface area contributed by atoms with Crippen LogP contribution in [0.25, 0.3) is 0 Å². The molecule has 0 aromatic heterocycles. The molecule has 0 rings (SSSR count). The van der Waals surface area contributed by atoms with Gasteiger partial charge in [-0.25, -0.2) is 8.42 Å². The lowest BCUT2D eigenvalue weighted by atomic mass is 10.1. The molecule has 110 valence electrons. The highest BCUT2D eigenvalue weighted by Gasteiger charge is 2.20.